The molecular weight excluding hydrogens is 390 g/mol. The number of para-hydroxylation sites is 1. The zero-order valence-electron chi connectivity index (χ0n) is 16.2. The van der Waals surface area contributed by atoms with Crippen LogP contribution in [0.1, 0.15) is 43.5 Å². The van der Waals surface area contributed by atoms with Crippen molar-refractivity contribution in [2.45, 2.75) is 45.2 Å². The minimum absolute atomic E-state index is 0.0556. The molecule has 2 heterocycles. The van der Waals surface area contributed by atoms with Crippen molar-refractivity contribution in [3.63, 3.8) is 0 Å². The van der Waals surface area contributed by atoms with Gasteiger partial charge in [0.15, 0.2) is 4.77 Å². The summed E-state index contributed by atoms with van der Waals surface area (Å²) in [4.78, 5) is 31.2. The number of hydrogen-bond donors (Lipinski definition) is 1. The van der Waals surface area contributed by atoms with E-state index >= 15 is 0 Å². The Kier molecular flexibility index (Phi) is 6.80. The zero-order chi connectivity index (χ0) is 20.1. The van der Waals surface area contributed by atoms with Crippen molar-refractivity contribution in [2.75, 3.05) is 7.05 Å². The largest absolute Gasteiger partial charge is 0.338 e. The van der Waals surface area contributed by atoms with Crippen molar-refractivity contribution in [3.05, 3.63) is 61.8 Å². The third kappa shape index (κ3) is 4.59. The number of H-pyrrole nitrogens is 1. The van der Waals surface area contributed by atoms with Crippen molar-refractivity contribution in [2.24, 2.45) is 0 Å². The number of carbonyl (C=O) groups excluding carboxylic acids is 1. The maximum Gasteiger partial charge on any atom is 0.262 e. The molecule has 5 nitrogen and oxygen atoms in total. The molecule has 1 N–H and O–H groups in total. The van der Waals surface area contributed by atoms with Crippen LogP contribution in [0.25, 0.3) is 10.9 Å². The van der Waals surface area contributed by atoms with Gasteiger partial charge in [-0.3, -0.25) is 14.2 Å². The maximum absolute atomic E-state index is 12.6. The highest BCUT2D eigenvalue weighted by Gasteiger charge is 2.17. The van der Waals surface area contributed by atoms with Crippen LogP contribution in [-0.2, 0) is 11.3 Å². The molecule has 3 aromatic rings. The minimum Gasteiger partial charge on any atom is -0.338 e. The molecule has 0 aliphatic rings. The number of amides is 1. The van der Waals surface area contributed by atoms with Gasteiger partial charge >= 0.3 is 0 Å². The average Bonchev–Trinajstić information content (AvgIpc) is 3.23. The van der Waals surface area contributed by atoms with Gasteiger partial charge in [0.25, 0.3) is 5.56 Å². The number of fused-ring (bicyclic) bond motifs is 1. The summed E-state index contributed by atoms with van der Waals surface area (Å²) < 4.78 is 2.06. The first kappa shape index (κ1) is 20.5. The van der Waals surface area contributed by atoms with Crippen LogP contribution in [0, 0.1) is 4.77 Å². The molecule has 7 heteroatoms. The van der Waals surface area contributed by atoms with Gasteiger partial charge < -0.3 is 9.88 Å². The Balaban J connectivity index is 1.50. The average molecular weight is 416 g/mol. The maximum atomic E-state index is 12.6. The number of thiophene rings is 1. The van der Waals surface area contributed by atoms with Crippen LogP contribution in [0.3, 0.4) is 0 Å². The van der Waals surface area contributed by atoms with E-state index in [1.165, 1.54) is 4.88 Å². The summed E-state index contributed by atoms with van der Waals surface area (Å²) in [5, 5.41) is 2.68. The van der Waals surface area contributed by atoms with Crippen LogP contribution >= 0.6 is 23.6 Å². The predicted molar refractivity (Wildman–Crippen MR) is 117 cm³/mol. The molecule has 3 rings (SSSR count). The van der Waals surface area contributed by atoms with E-state index in [1.807, 2.05) is 47.7 Å². The molecule has 1 amide bonds. The SMILES string of the molecule is CC(c1cccs1)N(C)C(=O)CCCCCn1c(=S)[nH]c2ccccc2c1=O. The summed E-state index contributed by atoms with van der Waals surface area (Å²) >= 11 is 7.01. The number of aromatic amines is 1. The van der Waals surface area contributed by atoms with E-state index in [2.05, 4.69) is 18.0 Å². The molecule has 1 atom stereocenters. The summed E-state index contributed by atoms with van der Waals surface area (Å²) in [6.07, 6.45) is 3.01. The van der Waals surface area contributed by atoms with E-state index < -0.39 is 0 Å². The quantitative estimate of drug-likeness (QED) is 0.420. The van der Waals surface area contributed by atoms with Crippen LogP contribution in [-0.4, -0.2) is 27.4 Å². The highest BCUT2D eigenvalue weighted by Crippen LogP contribution is 2.24. The molecule has 0 saturated carbocycles. The van der Waals surface area contributed by atoms with Gasteiger partial charge in [0, 0.05) is 24.9 Å². The summed E-state index contributed by atoms with van der Waals surface area (Å²) in [7, 11) is 1.86. The smallest absolute Gasteiger partial charge is 0.262 e. The van der Waals surface area contributed by atoms with Crippen molar-refractivity contribution in [1.29, 1.82) is 0 Å². The number of carbonyl (C=O) groups is 1. The summed E-state index contributed by atoms with van der Waals surface area (Å²) in [5.41, 5.74) is 0.710. The zero-order valence-corrected chi connectivity index (χ0v) is 17.8. The van der Waals surface area contributed by atoms with E-state index in [4.69, 9.17) is 12.2 Å². The number of nitrogens with zero attached hydrogens (tertiary/aromatic N) is 2. The molecule has 0 aliphatic heterocycles. The number of unbranched alkanes of at least 4 members (excludes halogenated alkanes) is 2. The standard InChI is InChI=1S/C21H25N3O2S2/c1-15(18-11-8-14-28-18)23(2)19(25)12-4-3-7-13-24-20(26)16-9-5-6-10-17(16)22-21(24)27/h5-6,8-11,14-15H,3-4,7,12-13H2,1-2H3,(H,22,27). The van der Waals surface area contributed by atoms with E-state index in [0.29, 0.717) is 23.1 Å². The first-order valence-corrected chi connectivity index (χ1v) is 10.8. The molecule has 1 aromatic carbocycles. The highest BCUT2D eigenvalue weighted by atomic mass is 32.1. The molecule has 2 aromatic heterocycles. The second kappa shape index (κ2) is 9.30. The van der Waals surface area contributed by atoms with Gasteiger partial charge in [-0.25, -0.2) is 0 Å². The Labute approximate surface area is 173 Å². The number of aromatic nitrogens is 2. The normalized spacial score (nSPS) is 12.2. The Morgan fingerprint density at radius 2 is 2.00 bits per heavy atom. The van der Waals surface area contributed by atoms with Crippen molar-refractivity contribution >= 4 is 40.4 Å². The van der Waals surface area contributed by atoms with Crippen LogP contribution in [0.4, 0.5) is 0 Å². The van der Waals surface area contributed by atoms with Crippen LogP contribution in [0.15, 0.2) is 46.6 Å². The summed E-state index contributed by atoms with van der Waals surface area (Å²) in [5.74, 6) is 0.154. The monoisotopic (exact) mass is 415 g/mol. The lowest BCUT2D eigenvalue weighted by atomic mass is 10.1. The molecule has 28 heavy (non-hydrogen) atoms. The van der Waals surface area contributed by atoms with E-state index in [1.54, 1.807) is 15.9 Å². The van der Waals surface area contributed by atoms with Crippen molar-refractivity contribution < 1.29 is 4.79 Å². The second-order valence-corrected chi connectivity index (χ2v) is 8.31. The molecule has 148 valence electrons. The highest BCUT2D eigenvalue weighted by molar-refractivity contribution is 7.71. The second-order valence-electron chi connectivity index (χ2n) is 6.94. The molecular formula is C21H25N3O2S2. The van der Waals surface area contributed by atoms with Gasteiger partial charge in [-0.2, -0.15) is 0 Å². The Morgan fingerprint density at radius 1 is 1.21 bits per heavy atom. The molecule has 1 unspecified atom stereocenters. The van der Waals surface area contributed by atoms with Gasteiger partial charge in [0.05, 0.1) is 16.9 Å². The van der Waals surface area contributed by atoms with Gasteiger partial charge in [-0.1, -0.05) is 24.6 Å². The number of benzene rings is 1. The number of hydrogen-bond acceptors (Lipinski definition) is 4. The molecule has 0 bridgehead atoms. The van der Waals surface area contributed by atoms with Crippen LogP contribution < -0.4 is 5.56 Å². The van der Waals surface area contributed by atoms with E-state index in [-0.39, 0.29) is 17.5 Å². The molecule has 0 saturated heterocycles. The molecule has 0 aliphatic carbocycles. The Bertz CT molecular complexity index is 1050. The number of nitrogens with one attached hydrogen (secondary N) is 1. The predicted octanol–water partition coefficient (Wildman–Crippen LogP) is 4.90. The van der Waals surface area contributed by atoms with Crippen LogP contribution in [0.2, 0.25) is 0 Å². The first-order chi connectivity index (χ1) is 13.5. The lowest BCUT2D eigenvalue weighted by Gasteiger charge is -2.24. The fourth-order valence-corrected chi connectivity index (χ4v) is 4.35. The molecule has 0 fully saturated rings. The lowest BCUT2D eigenvalue weighted by Crippen LogP contribution is -2.29. The molecule has 0 spiro atoms. The lowest BCUT2D eigenvalue weighted by molar-refractivity contribution is -0.131. The minimum atomic E-state index is -0.0556. The Morgan fingerprint density at radius 3 is 2.75 bits per heavy atom. The van der Waals surface area contributed by atoms with Gasteiger partial charge in [0.2, 0.25) is 5.91 Å². The first-order valence-electron chi connectivity index (χ1n) is 9.50. The third-order valence-electron chi connectivity index (χ3n) is 5.09. The molecule has 0 radical (unpaired) electrons. The third-order valence-corrected chi connectivity index (χ3v) is 6.46. The fourth-order valence-electron chi connectivity index (χ4n) is 3.24. The van der Waals surface area contributed by atoms with Crippen molar-refractivity contribution in [3.8, 4) is 0 Å². The van der Waals surface area contributed by atoms with Gasteiger partial charge in [-0.05, 0) is 55.6 Å². The van der Waals surface area contributed by atoms with E-state index in [9.17, 15) is 9.59 Å². The van der Waals surface area contributed by atoms with Crippen LogP contribution in [0.5, 0.6) is 0 Å². The topological polar surface area (TPSA) is 58.1 Å². The summed E-state index contributed by atoms with van der Waals surface area (Å²) in [6, 6.07) is 11.6. The Hall–Kier alpha value is -2.25. The van der Waals surface area contributed by atoms with Gasteiger partial charge in [-0.15, -0.1) is 11.3 Å². The fraction of sp³-hybridized carbons (Fsp3) is 0.381. The van der Waals surface area contributed by atoms with E-state index in [0.717, 1.165) is 24.8 Å². The number of rotatable bonds is 8. The summed E-state index contributed by atoms with van der Waals surface area (Å²) in [6.45, 7) is 2.62. The van der Waals surface area contributed by atoms with Crippen molar-refractivity contribution in [1.82, 2.24) is 14.5 Å². The van der Waals surface area contributed by atoms with Gasteiger partial charge in [0.1, 0.15) is 0 Å².